The van der Waals surface area contributed by atoms with Crippen LogP contribution in [0.25, 0.3) is 0 Å². The Kier molecular flexibility index (Phi) is 3.92. The lowest BCUT2D eigenvalue weighted by Crippen LogP contribution is -2.43. The van der Waals surface area contributed by atoms with Crippen LogP contribution >= 0.6 is 0 Å². The fraction of sp³-hybridized carbons (Fsp3) is 0.625. The van der Waals surface area contributed by atoms with Gasteiger partial charge in [-0.3, -0.25) is 4.79 Å². The number of aliphatic carboxylic acids is 1. The summed E-state index contributed by atoms with van der Waals surface area (Å²) >= 11 is 0. The maximum atomic E-state index is 11.7. The molecule has 0 fully saturated rings. The quantitative estimate of drug-likeness (QED) is 0.692. The van der Waals surface area contributed by atoms with Gasteiger partial charge in [0.1, 0.15) is 18.9 Å². The molecule has 16 heavy (non-hydrogen) atoms. The predicted octanol–water partition coefficient (Wildman–Crippen LogP) is -1.01. The van der Waals surface area contributed by atoms with Crippen LogP contribution in [0.3, 0.4) is 0 Å². The van der Waals surface area contributed by atoms with E-state index in [1.165, 1.54) is 23.0 Å². The summed E-state index contributed by atoms with van der Waals surface area (Å²) in [4.78, 5) is 23.7. The fourth-order valence-corrected chi connectivity index (χ4v) is 1.29. The SMILES string of the molecule is CCC(C(=O)O)N(C)C(=O)Cn1cnnn1. The van der Waals surface area contributed by atoms with Gasteiger partial charge in [-0.15, -0.1) is 5.10 Å². The molecule has 0 radical (unpaired) electrons. The van der Waals surface area contributed by atoms with E-state index >= 15 is 0 Å². The summed E-state index contributed by atoms with van der Waals surface area (Å²) in [5.74, 6) is -1.36. The summed E-state index contributed by atoms with van der Waals surface area (Å²) in [5.41, 5.74) is 0. The molecule has 0 aliphatic heterocycles. The number of hydrogen-bond acceptors (Lipinski definition) is 5. The van der Waals surface area contributed by atoms with E-state index in [0.29, 0.717) is 6.42 Å². The van der Waals surface area contributed by atoms with Gasteiger partial charge in [0.05, 0.1) is 0 Å². The number of carbonyl (C=O) groups is 2. The van der Waals surface area contributed by atoms with Gasteiger partial charge in [0.2, 0.25) is 5.91 Å². The molecule has 0 bridgehead atoms. The van der Waals surface area contributed by atoms with Gasteiger partial charge < -0.3 is 10.0 Å². The van der Waals surface area contributed by atoms with E-state index in [-0.39, 0.29) is 12.5 Å². The van der Waals surface area contributed by atoms with Crippen LogP contribution in [0.1, 0.15) is 13.3 Å². The molecule has 1 aromatic heterocycles. The molecular weight excluding hydrogens is 214 g/mol. The number of carbonyl (C=O) groups excluding carboxylic acids is 1. The molecule has 1 amide bonds. The molecule has 0 spiro atoms. The lowest BCUT2D eigenvalue weighted by molar-refractivity contribution is -0.149. The van der Waals surface area contributed by atoms with Crippen molar-refractivity contribution in [3.8, 4) is 0 Å². The van der Waals surface area contributed by atoms with Crippen LogP contribution in [0.4, 0.5) is 0 Å². The highest BCUT2D eigenvalue weighted by molar-refractivity contribution is 5.83. The topological polar surface area (TPSA) is 101 Å². The van der Waals surface area contributed by atoms with Gasteiger partial charge >= 0.3 is 5.97 Å². The van der Waals surface area contributed by atoms with E-state index in [0.717, 1.165) is 0 Å². The molecule has 0 aromatic carbocycles. The number of rotatable bonds is 5. The largest absolute Gasteiger partial charge is 0.480 e. The summed E-state index contributed by atoms with van der Waals surface area (Å²) in [6, 6.07) is -0.816. The van der Waals surface area contributed by atoms with Gasteiger partial charge in [0.25, 0.3) is 0 Å². The number of carboxylic acid groups (broad SMARTS) is 1. The zero-order valence-corrected chi connectivity index (χ0v) is 9.07. The van der Waals surface area contributed by atoms with Crippen LogP contribution in [0.5, 0.6) is 0 Å². The monoisotopic (exact) mass is 227 g/mol. The summed E-state index contributed by atoms with van der Waals surface area (Å²) in [6.45, 7) is 1.65. The van der Waals surface area contributed by atoms with Gasteiger partial charge in [-0.1, -0.05) is 6.92 Å². The number of amides is 1. The molecule has 1 aromatic rings. The predicted molar refractivity (Wildman–Crippen MR) is 52.3 cm³/mol. The molecule has 8 heteroatoms. The van der Waals surface area contributed by atoms with E-state index in [2.05, 4.69) is 15.5 Å². The Bertz CT molecular complexity index is 364. The van der Waals surface area contributed by atoms with Gasteiger partial charge in [0, 0.05) is 7.05 Å². The molecule has 1 heterocycles. The molecule has 88 valence electrons. The van der Waals surface area contributed by atoms with Crippen LogP contribution in [-0.4, -0.2) is 55.2 Å². The van der Waals surface area contributed by atoms with E-state index in [1.54, 1.807) is 6.92 Å². The third-order valence-corrected chi connectivity index (χ3v) is 2.22. The van der Waals surface area contributed by atoms with Crippen LogP contribution in [0.2, 0.25) is 0 Å². The Morgan fingerprint density at radius 1 is 1.56 bits per heavy atom. The summed E-state index contributed by atoms with van der Waals surface area (Å²) in [6.07, 6.45) is 1.65. The Hall–Kier alpha value is -1.99. The lowest BCUT2D eigenvalue weighted by Gasteiger charge is -2.23. The smallest absolute Gasteiger partial charge is 0.326 e. The van der Waals surface area contributed by atoms with Gasteiger partial charge in [-0.25, -0.2) is 9.48 Å². The van der Waals surface area contributed by atoms with Crippen molar-refractivity contribution in [2.45, 2.75) is 25.9 Å². The van der Waals surface area contributed by atoms with E-state index < -0.39 is 12.0 Å². The maximum Gasteiger partial charge on any atom is 0.326 e. The highest BCUT2D eigenvalue weighted by Gasteiger charge is 2.24. The van der Waals surface area contributed by atoms with Crippen molar-refractivity contribution in [3.63, 3.8) is 0 Å². The summed E-state index contributed by atoms with van der Waals surface area (Å²) < 4.78 is 1.24. The van der Waals surface area contributed by atoms with E-state index in [1.807, 2.05) is 0 Å². The standard InChI is InChI=1S/C8H13N5O3/c1-3-6(8(15)16)12(2)7(14)4-13-5-9-10-11-13/h5-6H,3-4H2,1-2H3,(H,15,16). The molecule has 1 rings (SSSR count). The van der Waals surface area contributed by atoms with Crippen molar-refractivity contribution in [1.82, 2.24) is 25.1 Å². The first-order chi connectivity index (χ1) is 7.56. The highest BCUT2D eigenvalue weighted by atomic mass is 16.4. The molecule has 1 N–H and O–H groups in total. The molecule has 8 nitrogen and oxygen atoms in total. The van der Waals surface area contributed by atoms with Crippen LogP contribution in [0.15, 0.2) is 6.33 Å². The summed E-state index contributed by atoms with van der Waals surface area (Å²) in [7, 11) is 1.45. The molecule has 1 atom stereocenters. The molecule has 1 unspecified atom stereocenters. The van der Waals surface area contributed by atoms with Crippen molar-refractivity contribution in [3.05, 3.63) is 6.33 Å². The van der Waals surface area contributed by atoms with Crippen LogP contribution < -0.4 is 0 Å². The second kappa shape index (κ2) is 5.19. The van der Waals surface area contributed by atoms with Gasteiger partial charge in [0.15, 0.2) is 0 Å². The van der Waals surface area contributed by atoms with Gasteiger partial charge in [-0.2, -0.15) is 0 Å². The second-order valence-corrected chi connectivity index (χ2v) is 3.27. The number of nitrogens with zero attached hydrogens (tertiary/aromatic N) is 5. The van der Waals surface area contributed by atoms with Crippen LogP contribution in [0, 0.1) is 0 Å². The van der Waals surface area contributed by atoms with Crippen molar-refractivity contribution in [2.24, 2.45) is 0 Å². The Labute approximate surface area is 91.8 Å². The van der Waals surface area contributed by atoms with Crippen molar-refractivity contribution < 1.29 is 14.7 Å². The number of tetrazole rings is 1. The lowest BCUT2D eigenvalue weighted by atomic mass is 10.2. The minimum Gasteiger partial charge on any atom is -0.480 e. The minimum absolute atomic E-state index is 0.0622. The van der Waals surface area contributed by atoms with E-state index in [9.17, 15) is 9.59 Å². The normalized spacial score (nSPS) is 12.1. The Balaban J connectivity index is 2.62. The van der Waals surface area contributed by atoms with Crippen molar-refractivity contribution >= 4 is 11.9 Å². The third-order valence-electron chi connectivity index (χ3n) is 2.22. The van der Waals surface area contributed by atoms with Crippen molar-refractivity contribution in [1.29, 1.82) is 0 Å². The summed E-state index contributed by atoms with van der Waals surface area (Å²) in [5, 5.41) is 19.2. The maximum absolute atomic E-state index is 11.7. The Morgan fingerprint density at radius 2 is 2.25 bits per heavy atom. The molecule has 0 aliphatic rings. The van der Waals surface area contributed by atoms with Crippen molar-refractivity contribution in [2.75, 3.05) is 7.05 Å². The first kappa shape index (κ1) is 12.1. The van der Waals surface area contributed by atoms with Crippen LogP contribution in [-0.2, 0) is 16.1 Å². The molecule has 0 saturated carbocycles. The number of hydrogen-bond donors (Lipinski definition) is 1. The average molecular weight is 227 g/mol. The second-order valence-electron chi connectivity index (χ2n) is 3.27. The first-order valence-electron chi connectivity index (χ1n) is 4.75. The zero-order chi connectivity index (χ0) is 12.1. The van der Waals surface area contributed by atoms with Gasteiger partial charge in [-0.05, 0) is 16.8 Å². The highest BCUT2D eigenvalue weighted by Crippen LogP contribution is 2.03. The number of likely N-dealkylation sites (N-methyl/N-ethyl adjacent to an activating group) is 1. The average Bonchev–Trinajstić information content (AvgIpc) is 2.70. The zero-order valence-electron chi connectivity index (χ0n) is 9.07. The minimum atomic E-state index is -1.02. The Morgan fingerprint density at radius 3 is 2.69 bits per heavy atom. The first-order valence-corrected chi connectivity index (χ1v) is 4.75. The third kappa shape index (κ3) is 2.75. The van der Waals surface area contributed by atoms with E-state index in [4.69, 9.17) is 5.11 Å². The molecule has 0 saturated heterocycles. The molecular formula is C8H13N5O3. The number of carboxylic acids is 1. The fourth-order valence-electron chi connectivity index (χ4n) is 1.29. The molecule has 0 aliphatic carbocycles. The number of aromatic nitrogens is 4.